The molecular formula is C28H48NO11PS. The Morgan fingerprint density at radius 2 is 1.45 bits per heavy atom. The monoisotopic (exact) mass is 637 g/mol. The van der Waals surface area contributed by atoms with Crippen LogP contribution in [0.5, 0.6) is 5.75 Å². The predicted octanol–water partition coefficient (Wildman–Crippen LogP) is 6.39. The van der Waals surface area contributed by atoms with E-state index in [2.05, 4.69) is 5.32 Å². The van der Waals surface area contributed by atoms with E-state index in [0.717, 1.165) is 6.26 Å². The fourth-order valence-electron chi connectivity index (χ4n) is 3.25. The van der Waals surface area contributed by atoms with Crippen LogP contribution < -0.4 is 10.1 Å². The van der Waals surface area contributed by atoms with Gasteiger partial charge in [0.1, 0.15) is 17.5 Å². The number of nitrogens with one attached hydrogen (secondary N) is 1. The summed E-state index contributed by atoms with van der Waals surface area (Å²) in [6.45, 7) is 21.1. The summed E-state index contributed by atoms with van der Waals surface area (Å²) in [5, 5.41) is 3.30. The lowest BCUT2D eigenvalue weighted by Gasteiger charge is -2.39. The third-order valence-corrected chi connectivity index (χ3v) is 5.42. The molecular weight excluding hydrogens is 589 g/mol. The standard InChI is InChI=1S/C28H48NO11PS/c1-24(2,3)29-17-22(35-23(30)37-25(4,5)6)19-14-15-21(20(16-19)18-34-42(13,32)33)36-28(40-41-31,38-26(7,8)9)39-27(10,11)12/h14-16,22,29H,17-18H2,1-13H3. The Bertz CT molecular complexity index is 1140. The van der Waals surface area contributed by atoms with Crippen molar-refractivity contribution in [2.45, 2.75) is 124 Å². The van der Waals surface area contributed by atoms with E-state index >= 15 is 0 Å². The molecule has 0 saturated heterocycles. The van der Waals surface area contributed by atoms with Gasteiger partial charge in [0, 0.05) is 17.6 Å². The third-order valence-electron chi connectivity index (χ3n) is 4.58. The van der Waals surface area contributed by atoms with E-state index in [1.165, 1.54) is 6.07 Å². The second-order valence-corrected chi connectivity index (χ2v) is 15.7. The molecule has 1 aromatic carbocycles. The van der Waals surface area contributed by atoms with Gasteiger partial charge >= 0.3 is 21.0 Å². The minimum Gasteiger partial charge on any atom is -0.429 e. The molecule has 1 unspecified atom stereocenters. The summed E-state index contributed by atoms with van der Waals surface area (Å²) in [7, 11) is -4.67. The van der Waals surface area contributed by atoms with E-state index < -0.39 is 60.6 Å². The summed E-state index contributed by atoms with van der Waals surface area (Å²) < 4.78 is 75.0. The highest BCUT2D eigenvalue weighted by Crippen LogP contribution is 2.36. The maximum absolute atomic E-state index is 12.6. The Morgan fingerprint density at radius 3 is 1.88 bits per heavy atom. The van der Waals surface area contributed by atoms with Crippen LogP contribution in [0.15, 0.2) is 18.2 Å². The Hall–Kier alpha value is -1.86. The number of benzene rings is 1. The molecule has 0 aliphatic carbocycles. The molecule has 0 amide bonds. The smallest absolute Gasteiger partial charge is 0.429 e. The molecule has 0 fully saturated rings. The van der Waals surface area contributed by atoms with E-state index in [1.54, 1.807) is 74.4 Å². The van der Waals surface area contributed by atoms with Gasteiger partial charge in [-0.15, -0.1) is 0 Å². The van der Waals surface area contributed by atoms with Gasteiger partial charge in [0.25, 0.3) is 10.1 Å². The zero-order valence-electron chi connectivity index (χ0n) is 27.1. The maximum Gasteiger partial charge on any atom is 0.509 e. The highest BCUT2D eigenvalue weighted by atomic mass is 32.2. The third kappa shape index (κ3) is 16.1. The second kappa shape index (κ2) is 14.3. The second-order valence-electron chi connectivity index (χ2n) is 13.7. The molecule has 1 rings (SSSR count). The van der Waals surface area contributed by atoms with Gasteiger partial charge in [-0.1, -0.05) is 6.07 Å². The van der Waals surface area contributed by atoms with Crippen LogP contribution in [0.3, 0.4) is 0 Å². The molecule has 0 aliphatic rings. The minimum absolute atomic E-state index is 0.0411. The largest absolute Gasteiger partial charge is 0.509 e. The molecule has 0 aromatic heterocycles. The van der Waals surface area contributed by atoms with Gasteiger partial charge in [-0.3, -0.25) is 13.7 Å². The average Bonchev–Trinajstić information content (AvgIpc) is 2.71. The predicted molar refractivity (Wildman–Crippen MR) is 158 cm³/mol. The van der Waals surface area contributed by atoms with Crippen molar-refractivity contribution in [2.75, 3.05) is 12.8 Å². The van der Waals surface area contributed by atoms with Crippen molar-refractivity contribution in [3.8, 4) is 5.75 Å². The van der Waals surface area contributed by atoms with Gasteiger partial charge in [0.15, 0.2) is 0 Å². The number of hydrogen-bond donors (Lipinski definition) is 1. The lowest BCUT2D eigenvalue weighted by Crippen LogP contribution is -2.51. The topological polar surface area (TPSA) is 145 Å². The lowest BCUT2D eigenvalue weighted by atomic mass is 10.0. The molecule has 0 heterocycles. The van der Waals surface area contributed by atoms with Gasteiger partial charge in [-0.05, 0) is 101 Å². The van der Waals surface area contributed by atoms with Gasteiger partial charge in [-0.2, -0.15) is 12.9 Å². The first kappa shape index (κ1) is 38.2. The van der Waals surface area contributed by atoms with Crippen molar-refractivity contribution in [3.63, 3.8) is 0 Å². The van der Waals surface area contributed by atoms with Crippen LogP contribution in [-0.4, -0.2) is 55.9 Å². The summed E-state index contributed by atoms with van der Waals surface area (Å²) in [5.74, 6) is 0.0411. The van der Waals surface area contributed by atoms with E-state index in [4.69, 9.17) is 32.4 Å². The fraction of sp³-hybridized carbons (Fsp3) is 0.750. The minimum atomic E-state index is -3.87. The number of rotatable bonds is 13. The van der Waals surface area contributed by atoms with Crippen LogP contribution in [0.25, 0.3) is 0 Å². The molecule has 0 aliphatic heterocycles. The van der Waals surface area contributed by atoms with Gasteiger partial charge in [0.2, 0.25) is 0 Å². The summed E-state index contributed by atoms with van der Waals surface area (Å²) in [4.78, 5) is 12.6. The number of carbonyl (C=O) groups is 1. The van der Waals surface area contributed by atoms with Gasteiger partial charge in [-0.25, -0.2) is 9.36 Å². The quantitative estimate of drug-likeness (QED) is 0.111. The molecule has 1 N–H and O–H groups in total. The molecule has 0 radical (unpaired) electrons. The zero-order valence-corrected chi connectivity index (χ0v) is 28.8. The molecule has 1 atom stereocenters. The zero-order chi connectivity index (χ0) is 32.8. The van der Waals surface area contributed by atoms with Crippen molar-refractivity contribution >= 4 is 25.0 Å². The van der Waals surface area contributed by atoms with Crippen LogP contribution in [0.2, 0.25) is 0 Å². The maximum atomic E-state index is 12.6. The molecule has 0 saturated carbocycles. The average molecular weight is 638 g/mol. The van der Waals surface area contributed by atoms with Crippen molar-refractivity contribution in [3.05, 3.63) is 29.3 Å². The lowest BCUT2D eigenvalue weighted by molar-refractivity contribution is -0.478. The number of carbonyl (C=O) groups excluding carboxylic acids is 1. The van der Waals surface area contributed by atoms with Crippen LogP contribution in [-0.2, 0) is 48.9 Å². The van der Waals surface area contributed by atoms with Gasteiger partial charge < -0.3 is 19.5 Å². The van der Waals surface area contributed by atoms with Crippen molar-refractivity contribution in [1.29, 1.82) is 0 Å². The van der Waals surface area contributed by atoms with Crippen LogP contribution >= 0.6 is 8.69 Å². The molecule has 14 heteroatoms. The van der Waals surface area contributed by atoms with E-state index in [0.29, 0.717) is 5.56 Å². The summed E-state index contributed by atoms with van der Waals surface area (Å²) in [5.41, 5.74) is -2.19. The Kier molecular flexibility index (Phi) is 13.0. The molecule has 0 bridgehead atoms. The summed E-state index contributed by atoms with van der Waals surface area (Å²) in [6.07, 6.45) is -3.12. The summed E-state index contributed by atoms with van der Waals surface area (Å²) >= 11 is 0. The number of ether oxygens (including phenoxy) is 5. The summed E-state index contributed by atoms with van der Waals surface area (Å²) in [6, 6.07) is 4.68. The van der Waals surface area contributed by atoms with Crippen molar-refractivity contribution < 1.29 is 50.2 Å². The van der Waals surface area contributed by atoms with Crippen LogP contribution in [0, 0.1) is 0 Å². The SMILES string of the molecule is CC(C)(C)NCC(OC(=O)OC(C)(C)C)c1ccc(OC(OP=O)(OC(C)(C)C)OC(C)(C)C)c(COS(C)(=O)=O)c1. The van der Waals surface area contributed by atoms with E-state index in [-0.39, 0.29) is 23.4 Å². The fourth-order valence-corrected chi connectivity index (χ4v) is 3.79. The Balaban J connectivity index is 3.70. The Labute approximate surface area is 252 Å². The normalized spacial score (nSPS) is 14.5. The van der Waals surface area contributed by atoms with Crippen LogP contribution in [0.1, 0.15) is 100 Å². The number of hydrogen-bond acceptors (Lipinski definition) is 12. The Morgan fingerprint density at radius 1 is 0.905 bits per heavy atom. The highest BCUT2D eigenvalue weighted by molar-refractivity contribution is 7.85. The molecule has 242 valence electrons. The van der Waals surface area contributed by atoms with E-state index in [1.807, 2.05) is 20.8 Å². The van der Waals surface area contributed by atoms with Crippen LogP contribution in [0.4, 0.5) is 4.79 Å². The van der Waals surface area contributed by atoms with Gasteiger partial charge in [0.05, 0.1) is 24.1 Å². The first-order chi connectivity index (χ1) is 18.7. The van der Waals surface area contributed by atoms with E-state index in [9.17, 15) is 17.8 Å². The van der Waals surface area contributed by atoms with Crippen molar-refractivity contribution in [1.82, 2.24) is 5.32 Å². The molecule has 1 aromatic rings. The molecule has 12 nitrogen and oxygen atoms in total. The first-order valence-corrected chi connectivity index (χ1v) is 16.0. The first-order valence-electron chi connectivity index (χ1n) is 13.4. The molecule has 0 spiro atoms. The molecule has 42 heavy (non-hydrogen) atoms. The van der Waals surface area contributed by atoms with Crippen molar-refractivity contribution in [2.24, 2.45) is 0 Å². The highest BCUT2D eigenvalue weighted by Gasteiger charge is 2.46.